The summed E-state index contributed by atoms with van der Waals surface area (Å²) in [5.41, 5.74) is 5.87. The van der Waals surface area contributed by atoms with Crippen LogP contribution in [0.5, 0.6) is 0 Å². The van der Waals surface area contributed by atoms with E-state index in [4.69, 9.17) is 0 Å². The SMILES string of the molecule is C[C]1C(C)=C(C)C(C)=C1C.[LiH]. The van der Waals surface area contributed by atoms with Crippen LogP contribution in [0.4, 0.5) is 0 Å². The van der Waals surface area contributed by atoms with Crippen LogP contribution < -0.4 is 0 Å². The van der Waals surface area contributed by atoms with Gasteiger partial charge in [-0.2, -0.15) is 0 Å². The Hall–Kier alpha value is 0.0774. The van der Waals surface area contributed by atoms with Gasteiger partial charge in [0.25, 0.3) is 0 Å². The van der Waals surface area contributed by atoms with Gasteiger partial charge in [0.15, 0.2) is 0 Å². The third kappa shape index (κ3) is 1.63. The number of hydrogen-bond acceptors (Lipinski definition) is 0. The summed E-state index contributed by atoms with van der Waals surface area (Å²) in [6.07, 6.45) is 0. The second-order valence-electron chi connectivity index (χ2n) is 3.12. The summed E-state index contributed by atoms with van der Waals surface area (Å²) in [5, 5.41) is 0. The molecule has 0 aromatic rings. The molecule has 0 aromatic carbocycles. The number of hydrogen-bond donors (Lipinski definition) is 0. The van der Waals surface area contributed by atoms with Gasteiger partial charge in [-0.15, -0.1) is 0 Å². The molecular weight excluding hydrogens is 127 g/mol. The zero-order valence-electron chi connectivity index (χ0n) is 7.50. The summed E-state index contributed by atoms with van der Waals surface area (Å²) in [4.78, 5) is 0. The molecule has 1 rings (SSSR count). The van der Waals surface area contributed by atoms with Crippen molar-refractivity contribution in [3.63, 3.8) is 0 Å². The van der Waals surface area contributed by atoms with E-state index in [9.17, 15) is 0 Å². The summed E-state index contributed by atoms with van der Waals surface area (Å²) in [7, 11) is 0. The number of rotatable bonds is 0. The van der Waals surface area contributed by atoms with Crippen molar-refractivity contribution in [1.82, 2.24) is 0 Å². The molecule has 0 N–H and O–H groups in total. The molecule has 0 nitrogen and oxygen atoms in total. The molecule has 0 heterocycles. The summed E-state index contributed by atoms with van der Waals surface area (Å²) in [5.74, 6) is 1.47. The van der Waals surface area contributed by atoms with Crippen LogP contribution in [-0.4, -0.2) is 18.9 Å². The van der Waals surface area contributed by atoms with Crippen molar-refractivity contribution in [2.45, 2.75) is 34.6 Å². The normalized spacial score (nSPS) is 19.4. The summed E-state index contributed by atoms with van der Waals surface area (Å²) in [6.45, 7) is 11.0. The van der Waals surface area contributed by atoms with E-state index in [2.05, 4.69) is 34.6 Å². The molecule has 0 saturated heterocycles. The molecule has 1 aliphatic rings. The van der Waals surface area contributed by atoms with Crippen LogP contribution in [0.15, 0.2) is 22.3 Å². The molecule has 0 fully saturated rings. The Labute approximate surface area is 81.9 Å². The van der Waals surface area contributed by atoms with Crippen LogP contribution in [0, 0.1) is 5.92 Å². The van der Waals surface area contributed by atoms with E-state index >= 15 is 0 Å². The molecule has 0 unspecified atom stereocenters. The van der Waals surface area contributed by atoms with Crippen molar-refractivity contribution in [2.24, 2.45) is 0 Å². The zero-order chi connectivity index (χ0) is 7.89. The molecule has 0 aliphatic heterocycles. The summed E-state index contributed by atoms with van der Waals surface area (Å²) < 4.78 is 0. The Morgan fingerprint density at radius 3 is 0.909 bits per heavy atom. The second kappa shape index (κ2) is 3.65. The molecule has 57 valence electrons. The van der Waals surface area contributed by atoms with Crippen molar-refractivity contribution >= 4 is 18.9 Å². The van der Waals surface area contributed by atoms with E-state index in [1.807, 2.05) is 0 Å². The van der Waals surface area contributed by atoms with E-state index in [0.29, 0.717) is 0 Å². The van der Waals surface area contributed by atoms with Gasteiger partial charge in [0.2, 0.25) is 0 Å². The van der Waals surface area contributed by atoms with Gasteiger partial charge in [-0.05, 0) is 38.8 Å². The van der Waals surface area contributed by atoms with Gasteiger partial charge in [0, 0.05) is 5.92 Å². The van der Waals surface area contributed by atoms with E-state index < -0.39 is 0 Å². The molecule has 1 aliphatic carbocycles. The van der Waals surface area contributed by atoms with Crippen LogP contribution >= 0.6 is 0 Å². The maximum absolute atomic E-state index is 2.20. The Morgan fingerprint density at radius 1 is 0.545 bits per heavy atom. The van der Waals surface area contributed by atoms with Crippen LogP contribution in [0.2, 0.25) is 0 Å². The minimum atomic E-state index is 0. The van der Waals surface area contributed by atoms with Gasteiger partial charge in [0.05, 0.1) is 0 Å². The maximum atomic E-state index is 2.20. The summed E-state index contributed by atoms with van der Waals surface area (Å²) in [6, 6.07) is 0. The predicted molar refractivity (Wildman–Crippen MR) is 52.8 cm³/mol. The topological polar surface area (TPSA) is 0 Å². The van der Waals surface area contributed by atoms with E-state index in [1.165, 1.54) is 28.2 Å². The molecule has 0 aromatic heterocycles. The van der Waals surface area contributed by atoms with E-state index in [1.54, 1.807) is 0 Å². The summed E-state index contributed by atoms with van der Waals surface area (Å²) >= 11 is 0. The zero-order valence-corrected chi connectivity index (χ0v) is 7.50. The molecule has 0 amide bonds. The van der Waals surface area contributed by atoms with Gasteiger partial charge in [-0.1, -0.05) is 18.1 Å². The average molecular weight is 143 g/mol. The Morgan fingerprint density at radius 2 is 0.818 bits per heavy atom. The first kappa shape index (κ1) is 11.1. The minimum absolute atomic E-state index is 0. The first-order valence-electron chi connectivity index (χ1n) is 3.75. The molecule has 11 heavy (non-hydrogen) atoms. The van der Waals surface area contributed by atoms with Crippen LogP contribution in [0.3, 0.4) is 0 Å². The molecule has 0 saturated carbocycles. The van der Waals surface area contributed by atoms with E-state index in [0.717, 1.165) is 0 Å². The molecule has 1 heteroatoms. The van der Waals surface area contributed by atoms with Crippen molar-refractivity contribution < 1.29 is 0 Å². The second-order valence-corrected chi connectivity index (χ2v) is 3.12. The fourth-order valence-electron chi connectivity index (χ4n) is 1.41. The van der Waals surface area contributed by atoms with Crippen molar-refractivity contribution in [3.05, 3.63) is 28.2 Å². The first-order valence-corrected chi connectivity index (χ1v) is 3.75. The molecule has 0 atom stereocenters. The standard InChI is InChI=1S/C10H15.Li.H/c1-6-7(2)9(4)10(5)8(6)3;;/h1-5H3;;. The monoisotopic (exact) mass is 143 g/mol. The van der Waals surface area contributed by atoms with Crippen LogP contribution in [-0.2, 0) is 0 Å². The van der Waals surface area contributed by atoms with Crippen LogP contribution in [0.25, 0.3) is 0 Å². The fourth-order valence-corrected chi connectivity index (χ4v) is 1.41. The quantitative estimate of drug-likeness (QED) is 0.457. The molecule has 1 radical (unpaired) electrons. The van der Waals surface area contributed by atoms with Gasteiger partial charge in [0.1, 0.15) is 0 Å². The molecule has 0 spiro atoms. The van der Waals surface area contributed by atoms with Gasteiger partial charge < -0.3 is 0 Å². The third-order valence-corrected chi connectivity index (χ3v) is 2.81. The Kier molecular flexibility index (Phi) is 3.68. The fraction of sp³-hybridized carbons (Fsp3) is 0.500. The molecular formula is C10H16Li. The Balaban J connectivity index is 0.000001000. The van der Waals surface area contributed by atoms with Crippen molar-refractivity contribution in [3.8, 4) is 0 Å². The van der Waals surface area contributed by atoms with Crippen molar-refractivity contribution in [2.75, 3.05) is 0 Å². The molecule has 0 bridgehead atoms. The third-order valence-electron chi connectivity index (χ3n) is 2.81. The first-order chi connectivity index (χ1) is 4.55. The predicted octanol–water partition coefficient (Wildman–Crippen LogP) is 2.62. The van der Waals surface area contributed by atoms with Crippen molar-refractivity contribution in [1.29, 1.82) is 0 Å². The Bertz CT molecular complexity index is 197. The van der Waals surface area contributed by atoms with Gasteiger partial charge >= 0.3 is 18.9 Å². The number of allylic oxidation sites excluding steroid dienone is 4. The van der Waals surface area contributed by atoms with Gasteiger partial charge in [-0.3, -0.25) is 0 Å². The average Bonchev–Trinajstić information content (AvgIpc) is 2.07. The van der Waals surface area contributed by atoms with E-state index in [-0.39, 0.29) is 18.9 Å². The van der Waals surface area contributed by atoms with Gasteiger partial charge in [-0.25, -0.2) is 0 Å². The van der Waals surface area contributed by atoms with Crippen LogP contribution in [0.1, 0.15) is 34.6 Å².